The normalized spacial score (nSPS) is 19.9. The van der Waals surface area contributed by atoms with Gasteiger partial charge in [0.25, 0.3) is 5.56 Å². The summed E-state index contributed by atoms with van der Waals surface area (Å²) in [5.74, 6) is -0.794. The summed E-state index contributed by atoms with van der Waals surface area (Å²) in [5, 5.41) is -0.274. The predicted molar refractivity (Wildman–Crippen MR) is 63.6 cm³/mol. The maximum atomic E-state index is 13.7. The van der Waals surface area contributed by atoms with E-state index in [9.17, 15) is 9.18 Å². The first-order valence-corrected chi connectivity index (χ1v) is 4.67. The number of nitrogens with one attached hydrogen (secondary N) is 1. The molecule has 0 aliphatic heterocycles. The second-order valence-electron chi connectivity index (χ2n) is 2.97. The average Bonchev–Trinajstić information content (AvgIpc) is 2.38. The van der Waals surface area contributed by atoms with Crippen LogP contribution in [0.15, 0.2) is 23.0 Å². The smallest absolute Gasteiger partial charge is 0.262 e. The number of fused-ring (bicyclic) bond motifs is 1. The molecule has 1 N–H and O–H groups in total. The number of aromatic nitrogens is 2. The summed E-state index contributed by atoms with van der Waals surface area (Å²) < 4.78 is 65.7. The van der Waals surface area contributed by atoms with E-state index in [0.29, 0.717) is 0 Å². The predicted octanol–water partition coefficient (Wildman–Crippen LogP) is 2.61. The van der Waals surface area contributed by atoms with Crippen molar-refractivity contribution in [1.29, 1.82) is 0 Å². The van der Waals surface area contributed by atoms with Gasteiger partial charge in [0.05, 0.1) is 10.9 Å². The molecule has 2 aromatic rings. The quantitative estimate of drug-likeness (QED) is 0.826. The zero-order chi connectivity index (χ0) is 17.8. The van der Waals surface area contributed by atoms with Crippen molar-refractivity contribution in [2.45, 2.75) is 19.7 Å². The fourth-order valence-corrected chi connectivity index (χ4v) is 1.59. The summed E-state index contributed by atoms with van der Waals surface area (Å²) >= 11 is 4.82. The SMILES string of the molecule is [2H]C([2H])([2H])C([2H])([2H])C([2H])([2H])n1c(=S)[nH]c2c(F)cccc2c1=O. The molecule has 0 radical (unpaired) electrons. The molecule has 0 fully saturated rings. The van der Waals surface area contributed by atoms with Crippen LogP contribution in [0.4, 0.5) is 4.39 Å². The van der Waals surface area contributed by atoms with Crippen LogP contribution in [-0.4, -0.2) is 9.55 Å². The van der Waals surface area contributed by atoms with Crippen molar-refractivity contribution >= 4 is 23.1 Å². The standard InChI is InChI=1S/C11H11FN2OS/c1-2-6-14-10(15)7-4-3-5-8(12)9(7)13-11(14)16/h3-5H,2,6H2,1H3,(H,13,16)/i1D3,2D2,6D2. The van der Waals surface area contributed by atoms with E-state index >= 15 is 0 Å². The molecule has 0 unspecified atom stereocenters. The second-order valence-corrected chi connectivity index (χ2v) is 3.36. The minimum atomic E-state index is -3.41. The first-order chi connectivity index (χ1) is 10.3. The van der Waals surface area contributed by atoms with E-state index in [-0.39, 0.29) is 15.5 Å². The van der Waals surface area contributed by atoms with Crippen LogP contribution in [0.25, 0.3) is 10.9 Å². The van der Waals surface area contributed by atoms with Crippen LogP contribution in [0.3, 0.4) is 0 Å². The van der Waals surface area contributed by atoms with Crippen LogP contribution in [0.5, 0.6) is 0 Å². The van der Waals surface area contributed by atoms with Crippen molar-refractivity contribution in [3.63, 3.8) is 0 Å². The number of nitrogens with zero attached hydrogens (tertiary/aromatic N) is 1. The molecule has 0 amide bonds. The molecule has 0 saturated heterocycles. The number of hydrogen-bond donors (Lipinski definition) is 1. The Balaban J connectivity index is 2.89. The van der Waals surface area contributed by atoms with Crippen molar-refractivity contribution in [2.75, 3.05) is 0 Å². The lowest BCUT2D eigenvalue weighted by Gasteiger charge is -2.06. The van der Waals surface area contributed by atoms with E-state index in [1.165, 1.54) is 12.1 Å². The van der Waals surface area contributed by atoms with Crippen LogP contribution in [0, 0.1) is 10.6 Å². The van der Waals surface area contributed by atoms with Gasteiger partial charge in [0.2, 0.25) is 0 Å². The molecule has 1 heterocycles. The van der Waals surface area contributed by atoms with E-state index in [1.54, 1.807) is 0 Å². The molecule has 1 aromatic heterocycles. The van der Waals surface area contributed by atoms with Gasteiger partial charge in [0.1, 0.15) is 5.82 Å². The summed E-state index contributed by atoms with van der Waals surface area (Å²) in [6.45, 7) is -6.64. The van der Waals surface area contributed by atoms with Gasteiger partial charge in [-0.1, -0.05) is 12.9 Å². The van der Waals surface area contributed by atoms with E-state index in [2.05, 4.69) is 4.98 Å². The molecule has 16 heavy (non-hydrogen) atoms. The zero-order valence-electron chi connectivity index (χ0n) is 14.9. The van der Waals surface area contributed by atoms with Gasteiger partial charge in [-0.3, -0.25) is 9.36 Å². The highest BCUT2D eigenvalue weighted by Gasteiger charge is 2.07. The highest BCUT2D eigenvalue weighted by molar-refractivity contribution is 7.71. The molecule has 0 atom stereocenters. The number of halogens is 1. The Labute approximate surface area is 106 Å². The van der Waals surface area contributed by atoms with Gasteiger partial charge >= 0.3 is 0 Å². The lowest BCUT2D eigenvalue weighted by molar-refractivity contribution is 0.621. The fraction of sp³-hybridized carbons (Fsp3) is 0.273. The second kappa shape index (κ2) is 4.17. The number of aromatic amines is 1. The molecule has 0 aliphatic rings. The number of para-hydroxylation sites is 1. The summed E-state index contributed by atoms with van der Waals surface area (Å²) in [4.78, 5) is 14.8. The van der Waals surface area contributed by atoms with Crippen molar-refractivity contribution < 1.29 is 14.0 Å². The first kappa shape index (κ1) is 5.23. The van der Waals surface area contributed by atoms with Crippen LogP contribution in [0.1, 0.15) is 22.8 Å². The zero-order valence-corrected chi connectivity index (χ0v) is 8.69. The molecule has 5 heteroatoms. The molecule has 2 rings (SSSR count). The van der Waals surface area contributed by atoms with Gasteiger partial charge in [-0.15, -0.1) is 0 Å². The third kappa shape index (κ3) is 1.67. The third-order valence-corrected chi connectivity index (χ3v) is 2.33. The van der Waals surface area contributed by atoms with Gasteiger partial charge in [0, 0.05) is 16.1 Å². The summed E-state index contributed by atoms with van der Waals surface area (Å²) in [5.41, 5.74) is -1.38. The van der Waals surface area contributed by atoms with E-state index in [1.807, 2.05) is 0 Å². The van der Waals surface area contributed by atoms with Gasteiger partial charge in [-0.05, 0) is 30.7 Å². The van der Waals surface area contributed by atoms with Crippen LogP contribution >= 0.6 is 12.2 Å². The van der Waals surface area contributed by atoms with E-state index in [4.69, 9.17) is 21.8 Å². The minimum absolute atomic E-state index is 0.191. The lowest BCUT2D eigenvalue weighted by atomic mass is 10.2. The first-order valence-electron chi connectivity index (χ1n) is 7.76. The van der Waals surface area contributed by atoms with Gasteiger partial charge in [-0.2, -0.15) is 0 Å². The van der Waals surface area contributed by atoms with Crippen molar-refractivity contribution in [1.82, 2.24) is 9.55 Å². The van der Waals surface area contributed by atoms with Crippen molar-refractivity contribution in [2.24, 2.45) is 0 Å². The highest BCUT2D eigenvalue weighted by Crippen LogP contribution is 2.11. The topological polar surface area (TPSA) is 37.8 Å². The molecule has 0 spiro atoms. The molecule has 0 bridgehead atoms. The number of hydrogen-bond acceptors (Lipinski definition) is 2. The van der Waals surface area contributed by atoms with Crippen molar-refractivity contribution in [3.05, 3.63) is 39.1 Å². The summed E-state index contributed by atoms with van der Waals surface area (Å²) in [6.07, 6.45) is -3.41. The largest absolute Gasteiger partial charge is 0.329 e. The Morgan fingerprint density at radius 2 is 2.50 bits per heavy atom. The molecule has 3 nitrogen and oxygen atoms in total. The Morgan fingerprint density at radius 1 is 1.69 bits per heavy atom. The van der Waals surface area contributed by atoms with E-state index < -0.39 is 35.9 Å². The fourth-order valence-electron chi connectivity index (χ4n) is 1.36. The molecule has 0 aliphatic carbocycles. The van der Waals surface area contributed by atoms with Gasteiger partial charge in [0.15, 0.2) is 4.77 Å². The third-order valence-electron chi connectivity index (χ3n) is 2.05. The highest BCUT2D eigenvalue weighted by atomic mass is 32.1. The maximum absolute atomic E-state index is 13.7. The monoisotopic (exact) mass is 245 g/mol. The Hall–Kier alpha value is -1.49. The van der Waals surface area contributed by atoms with Crippen LogP contribution in [-0.2, 0) is 6.50 Å². The molecule has 1 aromatic carbocycles. The number of rotatable bonds is 2. The molecular formula is C11H11FN2OS. The van der Waals surface area contributed by atoms with Crippen LogP contribution < -0.4 is 5.56 Å². The maximum Gasteiger partial charge on any atom is 0.262 e. The molecule has 0 saturated carbocycles. The van der Waals surface area contributed by atoms with Gasteiger partial charge in [-0.25, -0.2) is 4.39 Å². The average molecular weight is 245 g/mol. The Bertz CT molecular complexity index is 887. The van der Waals surface area contributed by atoms with Crippen LogP contribution in [0.2, 0.25) is 0 Å². The summed E-state index contributed by atoms with van der Waals surface area (Å²) in [7, 11) is 0. The minimum Gasteiger partial charge on any atom is -0.329 e. The Kier molecular flexibility index (Phi) is 1.36. The molecule has 84 valence electrons. The van der Waals surface area contributed by atoms with Gasteiger partial charge < -0.3 is 4.98 Å². The lowest BCUT2D eigenvalue weighted by Crippen LogP contribution is -2.22. The summed E-state index contributed by atoms with van der Waals surface area (Å²) in [6, 6.07) is 3.48. The molecular weight excluding hydrogens is 227 g/mol. The number of benzene rings is 1. The Morgan fingerprint density at radius 3 is 3.25 bits per heavy atom. The van der Waals surface area contributed by atoms with Crippen molar-refractivity contribution in [3.8, 4) is 0 Å². The van der Waals surface area contributed by atoms with E-state index in [0.717, 1.165) is 6.07 Å². The number of H-pyrrole nitrogens is 1.